The summed E-state index contributed by atoms with van der Waals surface area (Å²) in [6, 6.07) is 0. The van der Waals surface area contributed by atoms with Crippen molar-refractivity contribution in [2.75, 3.05) is 6.26 Å². The second-order valence-corrected chi connectivity index (χ2v) is 2.44. The van der Waals surface area contributed by atoms with Crippen LogP contribution >= 0.6 is 34.5 Å². The van der Waals surface area contributed by atoms with Gasteiger partial charge in [-0.05, 0) is 11.9 Å². The van der Waals surface area contributed by atoms with Gasteiger partial charge in [-0.3, -0.25) is 4.79 Å². The largest absolute Gasteiger partial charge is 0.307 e. The average Bonchev–Trinajstić information content (AvgIpc) is 1.65. The fourth-order valence-corrected chi connectivity index (χ4v) is 0.806. The van der Waals surface area contributed by atoms with E-state index in [4.69, 9.17) is 5.84 Å². The maximum atomic E-state index is 10.1. The Labute approximate surface area is 59.9 Å². The third-order valence-corrected chi connectivity index (χ3v) is 1.78. The van der Waals surface area contributed by atoms with E-state index in [1.807, 2.05) is 0 Å². The van der Waals surface area contributed by atoms with Crippen molar-refractivity contribution in [1.82, 2.24) is 4.41 Å². The Morgan fingerprint density at radius 2 is 2.43 bits per heavy atom. The molecular formula is C2H5IN2OS. The Hall–Kier alpha value is 0.510. The van der Waals surface area contributed by atoms with Gasteiger partial charge >= 0.3 is 3.91 Å². The second kappa shape index (κ2) is 3.50. The molecule has 0 aromatic rings. The number of hydrazine groups is 1. The van der Waals surface area contributed by atoms with E-state index in [1.54, 1.807) is 28.8 Å². The van der Waals surface area contributed by atoms with E-state index >= 15 is 0 Å². The fourth-order valence-electron chi connectivity index (χ4n) is 0.0718. The van der Waals surface area contributed by atoms with Crippen LogP contribution in [0.15, 0.2) is 0 Å². The lowest BCUT2D eigenvalue weighted by atomic mass is 11.4. The molecule has 0 spiro atoms. The van der Waals surface area contributed by atoms with E-state index in [-0.39, 0.29) is 3.91 Å². The molecular weight excluding hydrogens is 227 g/mol. The normalized spacial score (nSPS) is 8.43. The van der Waals surface area contributed by atoms with E-state index < -0.39 is 0 Å². The van der Waals surface area contributed by atoms with Crippen molar-refractivity contribution >= 4 is 38.5 Å². The summed E-state index contributed by atoms with van der Waals surface area (Å²) in [6.45, 7) is 0. The summed E-state index contributed by atoms with van der Waals surface area (Å²) in [7, 11) is 0. The quantitative estimate of drug-likeness (QED) is 0.139. The third kappa shape index (κ3) is 3.12. The minimum Gasteiger partial charge on any atom is -0.260 e. The van der Waals surface area contributed by atoms with Crippen LogP contribution in [0.3, 0.4) is 0 Å². The molecule has 3 nitrogen and oxygen atoms in total. The number of nitrogens with zero attached hydrogens (tertiary/aromatic N) is 1. The van der Waals surface area contributed by atoms with Gasteiger partial charge in [-0.2, -0.15) is 0 Å². The SMILES string of the molecule is CSN(N)C(=O)I. The maximum absolute atomic E-state index is 10.1. The first-order chi connectivity index (χ1) is 3.18. The van der Waals surface area contributed by atoms with Crippen molar-refractivity contribution in [3.63, 3.8) is 0 Å². The topological polar surface area (TPSA) is 46.3 Å². The molecule has 5 heteroatoms. The Bertz CT molecular complexity index is 78.1. The molecule has 42 valence electrons. The van der Waals surface area contributed by atoms with Crippen molar-refractivity contribution < 1.29 is 4.79 Å². The van der Waals surface area contributed by atoms with Crippen LogP contribution in [0.5, 0.6) is 0 Å². The van der Waals surface area contributed by atoms with Crippen LogP contribution in [0, 0.1) is 0 Å². The Morgan fingerprint density at radius 3 is 2.43 bits per heavy atom. The summed E-state index contributed by atoms with van der Waals surface area (Å²) in [5, 5.41) is 0. The first-order valence-corrected chi connectivity index (χ1v) is 3.73. The number of halogens is 1. The highest BCUT2D eigenvalue weighted by Gasteiger charge is 1.98. The number of nitrogens with two attached hydrogens (primary N) is 1. The molecule has 0 heterocycles. The third-order valence-electron chi connectivity index (χ3n) is 0.370. The first-order valence-electron chi connectivity index (χ1n) is 1.47. The molecule has 0 aliphatic carbocycles. The lowest BCUT2D eigenvalue weighted by Gasteiger charge is -2.05. The number of hydrogen-bond acceptors (Lipinski definition) is 3. The van der Waals surface area contributed by atoms with E-state index in [0.29, 0.717) is 0 Å². The Kier molecular flexibility index (Phi) is 3.76. The molecule has 0 aromatic carbocycles. The minimum atomic E-state index is -0.162. The number of hydrogen-bond donors (Lipinski definition) is 1. The van der Waals surface area contributed by atoms with Gasteiger partial charge in [0, 0.05) is 28.8 Å². The maximum Gasteiger partial charge on any atom is 0.307 e. The van der Waals surface area contributed by atoms with Crippen molar-refractivity contribution in [2.24, 2.45) is 5.84 Å². The molecule has 0 fully saturated rings. The van der Waals surface area contributed by atoms with Crippen molar-refractivity contribution in [3.05, 3.63) is 0 Å². The molecule has 0 atom stereocenters. The highest BCUT2D eigenvalue weighted by atomic mass is 127. The molecule has 1 amide bonds. The number of carbonyl (C=O) groups excluding carboxylic acids is 1. The van der Waals surface area contributed by atoms with Crippen molar-refractivity contribution in [2.45, 2.75) is 0 Å². The molecule has 0 saturated heterocycles. The standard InChI is InChI=1S/C2H5IN2OS/c1-7-5(4)2(3)6/h4H2,1H3. The molecule has 0 unspecified atom stereocenters. The Morgan fingerprint density at radius 1 is 2.00 bits per heavy atom. The molecule has 0 saturated carbocycles. The van der Waals surface area contributed by atoms with Crippen LogP contribution in [0.4, 0.5) is 4.79 Å². The molecule has 7 heavy (non-hydrogen) atoms. The van der Waals surface area contributed by atoms with E-state index in [9.17, 15) is 4.79 Å². The molecule has 0 aliphatic heterocycles. The zero-order valence-electron chi connectivity index (χ0n) is 3.72. The first kappa shape index (κ1) is 7.51. The van der Waals surface area contributed by atoms with Gasteiger partial charge in [-0.25, -0.2) is 10.3 Å². The summed E-state index contributed by atoms with van der Waals surface area (Å²) < 4.78 is 0.894. The summed E-state index contributed by atoms with van der Waals surface area (Å²) in [5.74, 6) is 5.06. The molecule has 0 aliphatic rings. The van der Waals surface area contributed by atoms with Gasteiger partial charge in [0.05, 0.1) is 0 Å². The van der Waals surface area contributed by atoms with Crippen LogP contribution in [0.25, 0.3) is 0 Å². The van der Waals surface area contributed by atoms with Crippen LogP contribution in [-0.4, -0.2) is 14.6 Å². The zero-order chi connectivity index (χ0) is 5.86. The zero-order valence-corrected chi connectivity index (χ0v) is 6.69. The van der Waals surface area contributed by atoms with Crippen LogP contribution in [-0.2, 0) is 0 Å². The highest BCUT2D eigenvalue weighted by Crippen LogP contribution is 2.02. The summed E-state index contributed by atoms with van der Waals surface area (Å²) >= 11 is 2.80. The van der Waals surface area contributed by atoms with Gasteiger partial charge in [-0.15, -0.1) is 0 Å². The lowest BCUT2D eigenvalue weighted by Crippen LogP contribution is -2.24. The van der Waals surface area contributed by atoms with Gasteiger partial charge in [0.25, 0.3) is 0 Å². The average molecular weight is 232 g/mol. The summed E-state index contributed by atoms with van der Waals surface area (Å²) in [5.41, 5.74) is 0. The van der Waals surface area contributed by atoms with E-state index in [2.05, 4.69) is 0 Å². The second-order valence-electron chi connectivity index (χ2n) is 0.761. The van der Waals surface area contributed by atoms with E-state index in [1.165, 1.54) is 11.9 Å². The number of amides is 1. The summed E-state index contributed by atoms with van der Waals surface area (Å²) in [6.07, 6.45) is 1.73. The van der Waals surface area contributed by atoms with Crippen LogP contribution in [0.1, 0.15) is 0 Å². The molecule has 2 N–H and O–H groups in total. The van der Waals surface area contributed by atoms with E-state index in [0.717, 1.165) is 4.41 Å². The van der Waals surface area contributed by atoms with Gasteiger partial charge in [0.1, 0.15) is 0 Å². The smallest absolute Gasteiger partial charge is 0.260 e. The van der Waals surface area contributed by atoms with Gasteiger partial charge in [0.15, 0.2) is 0 Å². The van der Waals surface area contributed by atoms with Crippen molar-refractivity contribution in [1.29, 1.82) is 0 Å². The molecule has 0 rings (SSSR count). The van der Waals surface area contributed by atoms with Gasteiger partial charge in [-0.1, -0.05) is 0 Å². The Balaban J connectivity index is 3.34. The predicted molar refractivity (Wildman–Crippen MR) is 39.0 cm³/mol. The molecule has 0 bridgehead atoms. The monoisotopic (exact) mass is 232 g/mol. The highest BCUT2D eigenvalue weighted by molar-refractivity contribution is 14.1. The number of rotatable bonds is 1. The molecule has 0 aromatic heterocycles. The van der Waals surface area contributed by atoms with Gasteiger partial charge < -0.3 is 0 Å². The van der Waals surface area contributed by atoms with Gasteiger partial charge in [0.2, 0.25) is 0 Å². The summed E-state index contributed by atoms with van der Waals surface area (Å²) in [4.78, 5) is 10.1. The fraction of sp³-hybridized carbons (Fsp3) is 0.500. The van der Waals surface area contributed by atoms with Crippen molar-refractivity contribution in [3.8, 4) is 0 Å². The van der Waals surface area contributed by atoms with Crippen LogP contribution in [0.2, 0.25) is 0 Å². The van der Waals surface area contributed by atoms with Crippen LogP contribution < -0.4 is 5.84 Å². The lowest BCUT2D eigenvalue weighted by molar-refractivity contribution is 0.251. The minimum absolute atomic E-state index is 0.162. The molecule has 0 radical (unpaired) electrons. The number of carbonyl (C=O) groups is 1. The predicted octanol–water partition coefficient (Wildman–Crippen LogP) is 0.995.